The first-order valence-corrected chi connectivity index (χ1v) is 8.84. The van der Waals surface area contributed by atoms with Crippen molar-refractivity contribution in [3.63, 3.8) is 0 Å². The molecule has 132 valence electrons. The number of aryl methyl sites for hydroxylation is 2. The van der Waals surface area contributed by atoms with Gasteiger partial charge in [0.1, 0.15) is 0 Å². The highest BCUT2D eigenvalue weighted by Gasteiger charge is 2.19. The number of hydrogen-bond acceptors (Lipinski definition) is 3. The van der Waals surface area contributed by atoms with Crippen molar-refractivity contribution in [2.75, 3.05) is 4.90 Å². The van der Waals surface area contributed by atoms with Crippen LogP contribution in [-0.4, -0.2) is 17.2 Å². The van der Waals surface area contributed by atoms with E-state index in [1.807, 2.05) is 38.1 Å². The minimum atomic E-state index is -1.44. The van der Waals surface area contributed by atoms with Gasteiger partial charge in [0.25, 0.3) is 0 Å². The number of anilines is 1. The van der Waals surface area contributed by atoms with Crippen molar-refractivity contribution in [1.29, 1.82) is 0 Å². The lowest BCUT2D eigenvalue weighted by molar-refractivity contribution is 0.425. The Morgan fingerprint density at radius 2 is 1.15 bits per heavy atom. The van der Waals surface area contributed by atoms with Gasteiger partial charge in [-0.2, -0.15) is 0 Å². The fraction of sp³-hybridized carbons (Fsp3) is 0.182. The lowest BCUT2D eigenvalue weighted by Crippen LogP contribution is -2.35. The first-order chi connectivity index (χ1) is 12.5. The van der Waals surface area contributed by atoms with Crippen LogP contribution in [0.25, 0.3) is 0 Å². The molecular formula is C22H24BNO2. The second kappa shape index (κ2) is 8.22. The van der Waals surface area contributed by atoms with Gasteiger partial charge in [-0.15, -0.1) is 0 Å². The SMILES string of the molecule is Cc1cc(N(Cc2ccccc2)Cc2ccccc2)cc(C)c1B(O)O. The Morgan fingerprint density at radius 3 is 1.54 bits per heavy atom. The number of nitrogens with zero attached hydrogens (tertiary/aromatic N) is 1. The van der Waals surface area contributed by atoms with E-state index in [4.69, 9.17) is 0 Å². The molecule has 3 aromatic rings. The van der Waals surface area contributed by atoms with E-state index < -0.39 is 7.12 Å². The molecule has 0 amide bonds. The third kappa shape index (κ3) is 4.34. The maximum absolute atomic E-state index is 9.63. The molecule has 0 atom stereocenters. The molecule has 0 radical (unpaired) electrons. The monoisotopic (exact) mass is 345 g/mol. The summed E-state index contributed by atoms with van der Waals surface area (Å²) >= 11 is 0. The molecule has 0 unspecified atom stereocenters. The van der Waals surface area contributed by atoms with E-state index in [1.54, 1.807) is 0 Å². The third-order valence-electron chi connectivity index (χ3n) is 4.63. The molecule has 0 aliphatic rings. The Bertz CT molecular complexity index is 786. The van der Waals surface area contributed by atoms with Gasteiger partial charge in [-0.3, -0.25) is 0 Å². The van der Waals surface area contributed by atoms with Crippen LogP contribution < -0.4 is 10.4 Å². The van der Waals surface area contributed by atoms with E-state index in [9.17, 15) is 10.0 Å². The topological polar surface area (TPSA) is 43.7 Å². The molecule has 0 aliphatic carbocycles. The number of rotatable bonds is 6. The van der Waals surface area contributed by atoms with Crippen LogP contribution in [0, 0.1) is 13.8 Å². The second-order valence-corrected chi connectivity index (χ2v) is 6.69. The Hall–Kier alpha value is -2.56. The molecule has 0 spiro atoms. The molecule has 26 heavy (non-hydrogen) atoms. The summed E-state index contributed by atoms with van der Waals surface area (Å²) in [5.41, 5.74) is 5.93. The average molecular weight is 345 g/mol. The first kappa shape index (κ1) is 18.2. The van der Waals surface area contributed by atoms with E-state index in [2.05, 4.69) is 53.4 Å². The lowest BCUT2D eigenvalue weighted by Gasteiger charge is -2.27. The van der Waals surface area contributed by atoms with Crippen LogP contribution >= 0.6 is 0 Å². The van der Waals surface area contributed by atoms with Crippen LogP contribution in [0.2, 0.25) is 0 Å². The van der Waals surface area contributed by atoms with Gasteiger partial charge in [0.15, 0.2) is 0 Å². The van der Waals surface area contributed by atoms with Crippen molar-refractivity contribution in [1.82, 2.24) is 0 Å². The Morgan fingerprint density at radius 1 is 0.731 bits per heavy atom. The summed E-state index contributed by atoms with van der Waals surface area (Å²) in [6.45, 7) is 5.42. The van der Waals surface area contributed by atoms with E-state index >= 15 is 0 Å². The summed E-state index contributed by atoms with van der Waals surface area (Å²) < 4.78 is 0. The van der Waals surface area contributed by atoms with Gasteiger partial charge in [-0.25, -0.2) is 0 Å². The molecule has 0 saturated heterocycles. The molecule has 0 aliphatic heterocycles. The van der Waals surface area contributed by atoms with Crippen LogP contribution in [0.15, 0.2) is 72.8 Å². The summed E-state index contributed by atoms with van der Waals surface area (Å²) in [6.07, 6.45) is 0. The van der Waals surface area contributed by atoms with Gasteiger partial charge < -0.3 is 14.9 Å². The molecule has 2 N–H and O–H groups in total. The largest absolute Gasteiger partial charge is 0.488 e. The molecule has 0 fully saturated rings. The first-order valence-electron chi connectivity index (χ1n) is 8.84. The smallest absolute Gasteiger partial charge is 0.423 e. The van der Waals surface area contributed by atoms with E-state index in [0.29, 0.717) is 5.46 Å². The van der Waals surface area contributed by atoms with Crippen molar-refractivity contribution in [3.05, 3.63) is 95.1 Å². The van der Waals surface area contributed by atoms with Gasteiger partial charge in [0, 0.05) is 18.8 Å². The van der Waals surface area contributed by atoms with Crippen molar-refractivity contribution in [2.24, 2.45) is 0 Å². The van der Waals surface area contributed by atoms with Gasteiger partial charge in [0.2, 0.25) is 0 Å². The molecular weight excluding hydrogens is 321 g/mol. The maximum Gasteiger partial charge on any atom is 0.488 e. The summed E-state index contributed by atoms with van der Waals surface area (Å²) in [6, 6.07) is 24.8. The quantitative estimate of drug-likeness (QED) is 0.675. The molecule has 3 nitrogen and oxygen atoms in total. The van der Waals surface area contributed by atoms with Gasteiger partial charge in [-0.1, -0.05) is 60.7 Å². The Labute approximate surface area is 155 Å². The number of benzene rings is 3. The van der Waals surface area contributed by atoms with Crippen molar-refractivity contribution in [3.8, 4) is 0 Å². The van der Waals surface area contributed by atoms with E-state index in [1.165, 1.54) is 11.1 Å². The third-order valence-corrected chi connectivity index (χ3v) is 4.63. The average Bonchev–Trinajstić information content (AvgIpc) is 2.62. The van der Waals surface area contributed by atoms with Crippen molar-refractivity contribution >= 4 is 18.3 Å². The fourth-order valence-corrected chi connectivity index (χ4v) is 3.39. The zero-order chi connectivity index (χ0) is 18.5. The van der Waals surface area contributed by atoms with Crippen molar-refractivity contribution in [2.45, 2.75) is 26.9 Å². The summed E-state index contributed by atoms with van der Waals surface area (Å²) in [7, 11) is -1.44. The van der Waals surface area contributed by atoms with Crippen LogP contribution in [0.4, 0.5) is 5.69 Å². The van der Waals surface area contributed by atoms with E-state index in [-0.39, 0.29) is 0 Å². The molecule has 0 saturated carbocycles. The Balaban J connectivity index is 1.97. The zero-order valence-electron chi connectivity index (χ0n) is 15.3. The second-order valence-electron chi connectivity index (χ2n) is 6.69. The minimum absolute atomic E-state index is 0.591. The normalized spacial score (nSPS) is 10.6. The van der Waals surface area contributed by atoms with Gasteiger partial charge in [-0.05, 0) is 53.7 Å². The standard InChI is InChI=1S/C22H24BNO2/c1-17-13-21(14-18(2)22(17)23(25)26)24(15-19-9-5-3-6-10-19)16-20-11-7-4-8-12-20/h3-14,25-26H,15-16H2,1-2H3. The fourth-order valence-electron chi connectivity index (χ4n) is 3.39. The Kier molecular flexibility index (Phi) is 5.76. The van der Waals surface area contributed by atoms with E-state index in [0.717, 1.165) is 29.9 Å². The maximum atomic E-state index is 9.63. The minimum Gasteiger partial charge on any atom is -0.423 e. The number of hydrogen-bond donors (Lipinski definition) is 2. The summed E-state index contributed by atoms with van der Waals surface area (Å²) in [5.74, 6) is 0. The molecule has 3 rings (SSSR count). The molecule has 0 aromatic heterocycles. The zero-order valence-corrected chi connectivity index (χ0v) is 15.3. The summed E-state index contributed by atoms with van der Waals surface area (Å²) in [5, 5.41) is 19.3. The highest BCUT2D eigenvalue weighted by atomic mass is 16.4. The summed E-state index contributed by atoms with van der Waals surface area (Å²) in [4.78, 5) is 2.32. The highest BCUT2D eigenvalue weighted by molar-refractivity contribution is 6.59. The van der Waals surface area contributed by atoms with Crippen LogP contribution in [0.5, 0.6) is 0 Å². The molecule has 0 bridgehead atoms. The predicted molar refractivity (Wildman–Crippen MR) is 109 cm³/mol. The highest BCUT2D eigenvalue weighted by Crippen LogP contribution is 2.22. The van der Waals surface area contributed by atoms with Crippen molar-refractivity contribution < 1.29 is 10.0 Å². The molecule has 3 aromatic carbocycles. The molecule has 4 heteroatoms. The van der Waals surface area contributed by atoms with Crippen LogP contribution in [0.3, 0.4) is 0 Å². The predicted octanol–water partition coefficient (Wildman–Crippen LogP) is 3.19. The van der Waals surface area contributed by atoms with Crippen LogP contribution in [0.1, 0.15) is 22.3 Å². The van der Waals surface area contributed by atoms with Gasteiger partial charge in [0.05, 0.1) is 0 Å². The van der Waals surface area contributed by atoms with Crippen LogP contribution in [-0.2, 0) is 13.1 Å². The molecule has 0 heterocycles. The van der Waals surface area contributed by atoms with Gasteiger partial charge >= 0.3 is 7.12 Å². The lowest BCUT2D eigenvalue weighted by atomic mass is 9.74.